The van der Waals surface area contributed by atoms with Gasteiger partial charge in [0.05, 0.1) is 0 Å². The molecule has 1 aliphatic rings. The Labute approximate surface area is 105 Å². The van der Waals surface area contributed by atoms with Crippen LogP contribution in [0.3, 0.4) is 0 Å². The highest BCUT2D eigenvalue weighted by atomic mass is 16.1. The van der Waals surface area contributed by atoms with Crippen LogP contribution in [0.15, 0.2) is 40.7 Å². The fourth-order valence-electron chi connectivity index (χ4n) is 1.70. The van der Waals surface area contributed by atoms with Crippen molar-refractivity contribution in [1.29, 1.82) is 0 Å². The van der Waals surface area contributed by atoms with E-state index in [4.69, 9.17) is 0 Å². The fraction of sp³-hybridized carbons (Fsp3) is 0.500. The molecule has 0 saturated carbocycles. The molecule has 0 unspecified atom stereocenters. The molecule has 0 bridgehead atoms. The highest BCUT2D eigenvalue weighted by Crippen LogP contribution is 2.29. The third-order valence-electron chi connectivity index (χ3n) is 2.81. The zero-order valence-electron chi connectivity index (χ0n) is 11.6. The van der Waals surface area contributed by atoms with Gasteiger partial charge in [0.25, 0.3) is 0 Å². The van der Waals surface area contributed by atoms with Crippen LogP contribution in [0.2, 0.25) is 0 Å². The zero-order chi connectivity index (χ0) is 13.1. The molecule has 0 heterocycles. The summed E-state index contributed by atoms with van der Waals surface area (Å²) in [6, 6.07) is 0. The minimum Gasteiger partial charge on any atom is -0.300 e. The lowest BCUT2D eigenvalue weighted by Gasteiger charge is -2.19. The van der Waals surface area contributed by atoms with Gasteiger partial charge in [-0.1, -0.05) is 26.8 Å². The molecule has 0 amide bonds. The van der Waals surface area contributed by atoms with Crippen LogP contribution in [0.25, 0.3) is 0 Å². The van der Waals surface area contributed by atoms with Gasteiger partial charge in [-0.15, -0.1) is 5.73 Å². The van der Waals surface area contributed by atoms with Crippen molar-refractivity contribution in [3.8, 4) is 0 Å². The van der Waals surface area contributed by atoms with Crippen molar-refractivity contribution < 1.29 is 4.79 Å². The molecular formula is C16H22O. The number of carbonyl (C=O) groups excluding carboxylic acids is 1. The van der Waals surface area contributed by atoms with Crippen LogP contribution in [0, 0.1) is 5.41 Å². The van der Waals surface area contributed by atoms with Crippen LogP contribution in [-0.4, -0.2) is 5.78 Å². The Kier molecular flexibility index (Phi) is 4.31. The number of carbonyl (C=O) groups is 1. The molecule has 0 aromatic rings. The summed E-state index contributed by atoms with van der Waals surface area (Å²) in [5.74, 6) is 0.235. The van der Waals surface area contributed by atoms with E-state index in [1.54, 1.807) is 6.92 Å². The summed E-state index contributed by atoms with van der Waals surface area (Å²) in [7, 11) is 0. The van der Waals surface area contributed by atoms with Crippen LogP contribution < -0.4 is 0 Å². The van der Waals surface area contributed by atoms with E-state index in [0.717, 1.165) is 12.0 Å². The molecule has 1 nitrogen and oxygen atoms in total. The van der Waals surface area contributed by atoms with Gasteiger partial charge in [-0.05, 0) is 54.6 Å². The van der Waals surface area contributed by atoms with Crippen LogP contribution in [0.4, 0.5) is 0 Å². The quantitative estimate of drug-likeness (QED) is 0.658. The largest absolute Gasteiger partial charge is 0.300 e. The van der Waals surface area contributed by atoms with Gasteiger partial charge >= 0.3 is 0 Å². The lowest BCUT2D eigenvalue weighted by molar-refractivity contribution is -0.116. The summed E-state index contributed by atoms with van der Waals surface area (Å²) in [5, 5.41) is 0. The summed E-state index contributed by atoms with van der Waals surface area (Å²) in [6.45, 7) is 10.3. The number of hydrogen-bond acceptors (Lipinski definition) is 1. The van der Waals surface area contributed by atoms with Gasteiger partial charge in [-0.3, -0.25) is 0 Å². The Hall–Kier alpha value is -1.33. The molecule has 17 heavy (non-hydrogen) atoms. The average Bonchev–Trinajstić information content (AvgIpc) is 2.36. The molecule has 0 fully saturated rings. The normalized spacial score (nSPS) is 15.9. The number of Topliss-reactive ketones (excluding diaryl/α,β-unsaturated/α-hetero) is 1. The summed E-state index contributed by atoms with van der Waals surface area (Å²) in [5.41, 5.74) is 7.09. The van der Waals surface area contributed by atoms with E-state index in [0.29, 0.717) is 6.42 Å². The van der Waals surface area contributed by atoms with Crippen molar-refractivity contribution >= 4 is 5.78 Å². The predicted molar refractivity (Wildman–Crippen MR) is 72.8 cm³/mol. The van der Waals surface area contributed by atoms with Gasteiger partial charge in [-0.25, -0.2) is 0 Å². The van der Waals surface area contributed by atoms with Crippen molar-refractivity contribution in [2.24, 2.45) is 5.41 Å². The van der Waals surface area contributed by atoms with E-state index in [9.17, 15) is 4.79 Å². The van der Waals surface area contributed by atoms with E-state index >= 15 is 0 Å². The van der Waals surface area contributed by atoms with Crippen molar-refractivity contribution in [3.63, 3.8) is 0 Å². The average molecular weight is 230 g/mol. The monoisotopic (exact) mass is 230 g/mol. The van der Waals surface area contributed by atoms with Gasteiger partial charge < -0.3 is 4.79 Å². The maximum atomic E-state index is 11.0. The van der Waals surface area contributed by atoms with Crippen LogP contribution in [0.1, 0.15) is 47.5 Å². The first kappa shape index (κ1) is 13.7. The molecular weight excluding hydrogens is 208 g/mol. The van der Waals surface area contributed by atoms with Crippen LogP contribution in [0.5, 0.6) is 0 Å². The van der Waals surface area contributed by atoms with E-state index in [1.807, 2.05) is 0 Å². The zero-order valence-corrected chi connectivity index (χ0v) is 11.6. The topological polar surface area (TPSA) is 17.1 Å². The summed E-state index contributed by atoms with van der Waals surface area (Å²) < 4.78 is 0. The first-order valence-electron chi connectivity index (χ1n) is 6.14. The second-order valence-corrected chi connectivity index (χ2v) is 5.75. The number of hydrogen-bond donors (Lipinski definition) is 0. The second kappa shape index (κ2) is 5.33. The van der Waals surface area contributed by atoms with Gasteiger partial charge in [0.1, 0.15) is 5.78 Å². The first-order chi connectivity index (χ1) is 7.79. The molecule has 0 aromatic carbocycles. The lowest BCUT2D eigenvalue weighted by Crippen LogP contribution is -2.07. The number of ketones is 1. The first-order valence-corrected chi connectivity index (χ1v) is 6.14. The van der Waals surface area contributed by atoms with Crippen molar-refractivity contribution in [1.82, 2.24) is 0 Å². The smallest absolute Gasteiger partial charge is 0.130 e. The molecule has 0 N–H and O–H groups in total. The van der Waals surface area contributed by atoms with E-state index in [1.165, 1.54) is 11.1 Å². The van der Waals surface area contributed by atoms with E-state index in [-0.39, 0.29) is 11.2 Å². The van der Waals surface area contributed by atoms with Crippen LogP contribution in [-0.2, 0) is 4.79 Å². The molecule has 1 aliphatic carbocycles. The summed E-state index contributed by atoms with van der Waals surface area (Å²) in [6.07, 6.45) is 7.77. The second-order valence-electron chi connectivity index (χ2n) is 5.75. The minimum absolute atomic E-state index is 0.137. The minimum atomic E-state index is 0.137. The standard InChI is InChI=1S/C16H22O/c1-12-10-14(7-6-13(2)17)8-9-15(11-12)16(3,4)5/h9-11H,6-7H2,1-5H3. The van der Waals surface area contributed by atoms with Gasteiger partial charge in [0, 0.05) is 6.42 Å². The maximum absolute atomic E-state index is 11.0. The number of allylic oxidation sites excluding steroid dienone is 5. The number of rotatable bonds is 3. The van der Waals surface area contributed by atoms with Gasteiger partial charge in [0.15, 0.2) is 0 Å². The molecule has 0 saturated heterocycles. The van der Waals surface area contributed by atoms with E-state index in [2.05, 4.69) is 51.7 Å². The van der Waals surface area contributed by atoms with E-state index < -0.39 is 0 Å². The molecule has 0 radical (unpaired) electrons. The lowest BCUT2D eigenvalue weighted by atomic mass is 9.85. The Morgan fingerprint density at radius 2 is 1.94 bits per heavy atom. The third-order valence-corrected chi connectivity index (χ3v) is 2.81. The SMILES string of the molecule is CC(=O)CCC1=C=CC(C(C)(C)C)=CC(C)=C1. The Balaban J connectivity index is 2.95. The Morgan fingerprint density at radius 3 is 2.47 bits per heavy atom. The van der Waals surface area contributed by atoms with Gasteiger partial charge in [-0.2, -0.15) is 0 Å². The van der Waals surface area contributed by atoms with Crippen molar-refractivity contribution in [2.45, 2.75) is 47.5 Å². The highest BCUT2D eigenvalue weighted by molar-refractivity contribution is 5.75. The molecule has 1 rings (SSSR count). The fourth-order valence-corrected chi connectivity index (χ4v) is 1.70. The van der Waals surface area contributed by atoms with Crippen molar-refractivity contribution in [3.05, 3.63) is 40.7 Å². The van der Waals surface area contributed by atoms with Crippen LogP contribution >= 0.6 is 0 Å². The Bertz CT molecular complexity index is 433. The molecule has 0 spiro atoms. The summed E-state index contributed by atoms with van der Waals surface area (Å²) >= 11 is 0. The molecule has 1 heteroatoms. The molecule has 92 valence electrons. The predicted octanol–water partition coefficient (Wildman–Crippen LogP) is 4.37. The third kappa shape index (κ3) is 4.58. The maximum Gasteiger partial charge on any atom is 0.130 e. The highest BCUT2D eigenvalue weighted by Gasteiger charge is 2.15. The summed E-state index contributed by atoms with van der Waals surface area (Å²) in [4.78, 5) is 11.0. The molecule has 0 aliphatic heterocycles. The Morgan fingerprint density at radius 1 is 1.29 bits per heavy atom. The molecule has 0 aromatic heterocycles. The van der Waals surface area contributed by atoms with Gasteiger partial charge in [0.2, 0.25) is 0 Å². The molecule has 0 atom stereocenters. The van der Waals surface area contributed by atoms with Crippen molar-refractivity contribution in [2.75, 3.05) is 0 Å².